The average molecular weight is 595 g/mol. The van der Waals surface area contributed by atoms with Crippen molar-refractivity contribution >= 4 is 39.1 Å². The van der Waals surface area contributed by atoms with Crippen LogP contribution in [0.5, 0.6) is 0 Å². The summed E-state index contributed by atoms with van der Waals surface area (Å²) in [6.45, 7) is 3.84. The minimum absolute atomic E-state index is 0.0728. The number of anilines is 1. The zero-order valence-corrected chi connectivity index (χ0v) is 24.3. The fourth-order valence-corrected chi connectivity index (χ4v) is 8.04. The number of sulfonamides is 1. The Kier molecular flexibility index (Phi) is 7.42. The first-order valence-corrected chi connectivity index (χ1v) is 15.7. The van der Waals surface area contributed by atoms with Crippen molar-refractivity contribution < 1.29 is 32.6 Å². The molecule has 0 radical (unpaired) electrons. The Morgan fingerprint density at radius 3 is 2.26 bits per heavy atom. The van der Waals surface area contributed by atoms with Gasteiger partial charge in [-0.3, -0.25) is 19.3 Å². The molecule has 0 aromatic heterocycles. The molecule has 3 saturated heterocycles. The predicted octanol–water partition coefficient (Wildman–Crippen LogP) is 1.75. The molecular formula is C30H34N4O7S. The minimum Gasteiger partial charge on any atom is -0.507 e. The molecule has 4 aliphatic rings. The van der Waals surface area contributed by atoms with Crippen LogP contribution in [0.3, 0.4) is 0 Å². The van der Waals surface area contributed by atoms with E-state index in [2.05, 4.69) is 4.90 Å². The SMILES string of the molecule is CN1C(=O)C2(/C(=C(/O)c3ccc(S(=O)(=O)N4CCCCC4)cc3)C(=O)C(=O)N2CCN2CCOCC2)c2ccccc21. The fourth-order valence-electron chi connectivity index (χ4n) is 6.52. The molecule has 222 valence electrons. The van der Waals surface area contributed by atoms with Gasteiger partial charge in [-0.05, 0) is 43.2 Å². The molecule has 4 aliphatic heterocycles. The van der Waals surface area contributed by atoms with Gasteiger partial charge in [-0.1, -0.05) is 24.6 Å². The number of piperidine rings is 1. The molecule has 2 amide bonds. The van der Waals surface area contributed by atoms with Gasteiger partial charge in [0.15, 0.2) is 5.54 Å². The zero-order chi connectivity index (χ0) is 29.6. The van der Waals surface area contributed by atoms with Crippen LogP contribution in [-0.4, -0.2) is 105 Å². The second-order valence-corrected chi connectivity index (χ2v) is 13.0. The third-order valence-electron chi connectivity index (χ3n) is 8.76. The number of ketones is 1. The fraction of sp³-hybridized carbons (Fsp3) is 0.433. The summed E-state index contributed by atoms with van der Waals surface area (Å²) in [7, 11) is -2.13. The van der Waals surface area contributed by atoms with Gasteiger partial charge in [0.25, 0.3) is 17.6 Å². The number of benzene rings is 2. The van der Waals surface area contributed by atoms with E-state index in [4.69, 9.17) is 4.74 Å². The number of aliphatic hydroxyl groups excluding tert-OH is 1. The number of para-hydroxylation sites is 1. The number of Topliss-reactive ketones (excluding diaryl/α,β-unsaturated/α-hetero) is 1. The number of amides is 2. The molecule has 42 heavy (non-hydrogen) atoms. The topological polar surface area (TPSA) is 128 Å². The number of nitrogens with zero attached hydrogens (tertiary/aromatic N) is 4. The van der Waals surface area contributed by atoms with Crippen molar-refractivity contribution in [2.45, 2.75) is 29.7 Å². The van der Waals surface area contributed by atoms with Crippen molar-refractivity contribution in [2.75, 3.05) is 64.4 Å². The number of aliphatic hydroxyl groups is 1. The van der Waals surface area contributed by atoms with Gasteiger partial charge in [0.2, 0.25) is 10.0 Å². The summed E-state index contributed by atoms with van der Waals surface area (Å²) in [6, 6.07) is 12.5. The molecule has 1 N–H and O–H groups in total. The van der Waals surface area contributed by atoms with E-state index in [1.54, 1.807) is 31.3 Å². The zero-order valence-electron chi connectivity index (χ0n) is 23.5. The Balaban J connectivity index is 1.44. The van der Waals surface area contributed by atoms with E-state index in [0.717, 1.165) is 19.3 Å². The number of ether oxygens (including phenoxy) is 1. The van der Waals surface area contributed by atoms with Crippen molar-refractivity contribution in [3.8, 4) is 0 Å². The second-order valence-electron chi connectivity index (χ2n) is 11.0. The van der Waals surface area contributed by atoms with Crippen LogP contribution < -0.4 is 4.90 Å². The lowest BCUT2D eigenvalue weighted by molar-refractivity contribution is -0.144. The summed E-state index contributed by atoms with van der Waals surface area (Å²) in [5.74, 6) is -2.87. The molecule has 0 aliphatic carbocycles. The van der Waals surface area contributed by atoms with Gasteiger partial charge in [-0.15, -0.1) is 0 Å². The lowest BCUT2D eigenvalue weighted by Crippen LogP contribution is -2.53. The molecule has 1 spiro atoms. The smallest absolute Gasteiger partial charge is 0.296 e. The monoisotopic (exact) mass is 594 g/mol. The average Bonchev–Trinajstić information content (AvgIpc) is 3.38. The van der Waals surface area contributed by atoms with Gasteiger partial charge in [-0.2, -0.15) is 4.31 Å². The van der Waals surface area contributed by atoms with Crippen LogP contribution >= 0.6 is 0 Å². The van der Waals surface area contributed by atoms with Crippen molar-refractivity contribution in [3.05, 3.63) is 65.2 Å². The molecule has 2 aromatic rings. The summed E-state index contributed by atoms with van der Waals surface area (Å²) in [5.41, 5.74) is -1.06. The highest BCUT2D eigenvalue weighted by Gasteiger charge is 2.66. The maximum atomic E-state index is 14.2. The molecule has 1 unspecified atom stereocenters. The first-order chi connectivity index (χ1) is 20.2. The van der Waals surface area contributed by atoms with Crippen LogP contribution in [0, 0.1) is 0 Å². The van der Waals surface area contributed by atoms with E-state index in [-0.39, 0.29) is 22.6 Å². The Bertz CT molecular complexity index is 1560. The van der Waals surface area contributed by atoms with Crippen molar-refractivity contribution in [1.82, 2.24) is 14.1 Å². The number of hydrogen-bond donors (Lipinski definition) is 1. The van der Waals surface area contributed by atoms with Gasteiger partial charge in [0, 0.05) is 63.1 Å². The van der Waals surface area contributed by atoms with Crippen LogP contribution in [0.1, 0.15) is 30.4 Å². The van der Waals surface area contributed by atoms with Gasteiger partial charge in [0.05, 0.1) is 23.7 Å². The molecule has 3 fully saturated rings. The minimum atomic E-state index is -3.72. The first-order valence-electron chi connectivity index (χ1n) is 14.3. The Labute approximate surface area is 245 Å². The van der Waals surface area contributed by atoms with E-state index < -0.39 is 38.9 Å². The normalized spacial score (nSPS) is 25.0. The maximum Gasteiger partial charge on any atom is 0.296 e. The number of carbonyl (C=O) groups is 3. The molecule has 11 nitrogen and oxygen atoms in total. The van der Waals surface area contributed by atoms with Crippen molar-refractivity contribution in [3.63, 3.8) is 0 Å². The van der Waals surface area contributed by atoms with Crippen LogP contribution in [0.4, 0.5) is 5.69 Å². The number of carbonyl (C=O) groups excluding carboxylic acids is 3. The summed E-state index contributed by atoms with van der Waals surface area (Å²) < 4.78 is 33.2. The second kappa shape index (κ2) is 10.9. The number of rotatable bonds is 6. The molecule has 12 heteroatoms. The number of likely N-dealkylation sites (N-methyl/N-ethyl adjacent to an activating group) is 1. The van der Waals surface area contributed by atoms with Crippen LogP contribution in [0.25, 0.3) is 5.76 Å². The number of fused-ring (bicyclic) bond motifs is 2. The van der Waals surface area contributed by atoms with Gasteiger partial charge >= 0.3 is 0 Å². The van der Waals surface area contributed by atoms with Crippen LogP contribution in [0.2, 0.25) is 0 Å². The largest absolute Gasteiger partial charge is 0.507 e. The molecule has 1 atom stereocenters. The van der Waals surface area contributed by atoms with Gasteiger partial charge in [-0.25, -0.2) is 8.42 Å². The highest BCUT2D eigenvalue weighted by Crippen LogP contribution is 2.53. The maximum absolute atomic E-state index is 14.2. The van der Waals surface area contributed by atoms with Gasteiger partial charge < -0.3 is 19.6 Å². The third-order valence-corrected chi connectivity index (χ3v) is 10.7. The van der Waals surface area contributed by atoms with Gasteiger partial charge in [0.1, 0.15) is 5.76 Å². The Morgan fingerprint density at radius 2 is 1.57 bits per heavy atom. The van der Waals surface area contributed by atoms with E-state index in [0.29, 0.717) is 57.2 Å². The van der Waals surface area contributed by atoms with E-state index in [1.165, 1.54) is 38.4 Å². The lowest BCUT2D eigenvalue weighted by atomic mass is 9.82. The van der Waals surface area contributed by atoms with Crippen LogP contribution in [-0.2, 0) is 34.7 Å². The molecule has 4 heterocycles. The molecule has 0 saturated carbocycles. The molecule has 2 aromatic carbocycles. The predicted molar refractivity (Wildman–Crippen MR) is 154 cm³/mol. The first kappa shape index (κ1) is 28.5. The van der Waals surface area contributed by atoms with Crippen molar-refractivity contribution in [2.24, 2.45) is 0 Å². The quantitative estimate of drug-likeness (QED) is 0.305. The van der Waals surface area contributed by atoms with E-state index in [9.17, 15) is 27.9 Å². The van der Waals surface area contributed by atoms with E-state index >= 15 is 0 Å². The number of likely N-dealkylation sites (tertiary alicyclic amines) is 1. The Morgan fingerprint density at radius 1 is 0.905 bits per heavy atom. The summed E-state index contributed by atoms with van der Waals surface area (Å²) in [4.78, 5) is 46.4. The highest BCUT2D eigenvalue weighted by atomic mass is 32.2. The molecule has 0 bridgehead atoms. The van der Waals surface area contributed by atoms with Crippen LogP contribution in [0.15, 0.2) is 59.0 Å². The number of morpholine rings is 1. The standard InChI is InChI=1S/C30H34N4O7S/c1-31-24-8-4-3-7-23(24)30(29(31)38)25(27(36)28(37)34(30)16-15-32-17-19-41-20-18-32)26(35)21-9-11-22(12-10-21)42(39,40)33-13-5-2-6-14-33/h3-4,7-12,35H,2,5-6,13-20H2,1H3/b26-25+. The number of hydrogen-bond acceptors (Lipinski definition) is 8. The summed E-state index contributed by atoms with van der Waals surface area (Å²) in [5, 5.41) is 11.7. The van der Waals surface area contributed by atoms with E-state index in [1.807, 2.05) is 0 Å². The van der Waals surface area contributed by atoms with Crippen molar-refractivity contribution in [1.29, 1.82) is 0 Å². The Hall–Kier alpha value is -3.58. The third kappa shape index (κ3) is 4.36. The summed E-state index contributed by atoms with van der Waals surface area (Å²) in [6.07, 6.45) is 2.59. The highest BCUT2D eigenvalue weighted by molar-refractivity contribution is 7.89. The summed E-state index contributed by atoms with van der Waals surface area (Å²) >= 11 is 0. The molecule has 6 rings (SSSR count). The molecular weight excluding hydrogens is 560 g/mol. The lowest BCUT2D eigenvalue weighted by Gasteiger charge is -2.36.